The van der Waals surface area contributed by atoms with Gasteiger partial charge in [-0.1, -0.05) is 30.3 Å². The second-order valence-corrected chi connectivity index (χ2v) is 8.99. The molecule has 4 aromatic rings. The van der Waals surface area contributed by atoms with Crippen molar-refractivity contribution in [2.75, 3.05) is 11.9 Å². The van der Waals surface area contributed by atoms with Crippen LogP contribution in [0.4, 0.5) is 5.95 Å². The molecule has 0 amide bonds. The van der Waals surface area contributed by atoms with Crippen molar-refractivity contribution in [1.29, 1.82) is 0 Å². The van der Waals surface area contributed by atoms with Crippen molar-refractivity contribution in [3.05, 3.63) is 78.9 Å². The maximum Gasteiger partial charge on any atom is 0.231 e. The number of benzene rings is 1. The van der Waals surface area contributed by atoms with Gasteiger partial charge < -0.3 is 10.6 Å². The molecular weight excluding hydrogens is 472 g/mol. The number of anilines is 1. The van der Waals surface area contributed by atoms with Gasteiger partial charge in [0.05, 0.1) is 0 Å². The number of hydrogen-bond donors (Lipinski definition) is 2. The maximum atomic E-state index is 5.45. The molecular formula is C22H20N8S3. The van der Waals surface area contributed by atoms with E-state index in [9.17, 15) is 0 Å². The van der Waals surface area contributed by atoms with Crippen molar-refractivity contribution in [3.63, 3.8) is 0 Å². The number of aromatic nitrogens is 6. The lowest BCUT2D eigenvalue weighted by molar-refractivity contribution is 0.776. The van der Waals surface area contributed by atoms with Crippen LogP contribution in [-0.4, -0.2) is 41.6 Å². The zero-order valence-electron chi connectivity index (χ0n) is 17.5. The summed E-state index contributed by atoms with van der Waals surface area (Å²) in [5, 5.41) is 9.32. The predicted octanol–water partition coefficient (Wildman–Crippen LogP) is 4.28. The molecule has 0 aliphatic carbocycles. The van der Waals surface area contributed by atoms with Crippen LogP contribution in [0.1, 0.15) is 12.0 Å². The van der Waals surface area contributed by atoms with Crippen molar-refractivity contribution >= 4 is 46.8 Å². The Hall–Kier alpha value is -3.15. The van der Waals surface area contributed by atoms with Crippen molar-refractivity contribution in [3.8, 4) is 0 Å². The van der Waals surface area contributed by atoms with Crippen molar-refractivity contribution in [2.45, 2.75) is 33.2 Å². The first kappa shape index (κ1) is 23.0. The molecule has 8 nitrogen and oxygen atoms in total. The topological polar surface area (TPSA) is 101 Å². The Labute approximate surface area is 205 Å². The quantitative estimate of drug-likeness (QED) is 0.151. The van der Waals surface area contributed by atoms with E-state index >= 15 is 0 Å². The fourth-order valence-corrected chi connectivity index (χ4v) is 4.41. The Morgan fingerprint density at radius 1 is 0.788 bits per heavy atom. The monoisotopic (exact) mass is 492 g/mol. The van der Waals surface area contributed by atoms with Crippen LogP contribution in [-0.2, 0) is 6.42 Å². The minimum Gasteiger partial charge on any atom is -0.362 e. The Morgan fingerprint density at radius 2 is 1.36 bits per heavy atom. The van der Waals surface area contributed by atoms with E-state index in [0.717, 1.165) is 19.4 Å². The van der Waals surface area contributed by atoms with Gasteiger partial charge in [-0.05, 0) is 66.3 Å². The molecule has 0 saturated carbocycles. The van der Waals surface area contributed by atoms with Gasteiger partial charge in [-0.2, -0.15) is 0 Å². The Balaban J connectivity index is 1.41. The zero-order valence-corrected chi connectivity index (χ0v) is 19.9. The summed E-state index contributed by atoms with van der Waals surface area (Å²) in [5.74, 6) is 0.384. The molecule has 166 valence electrons. The molecule has 11 heteroatoms. The fraction of sp³-hybridized carbons (Fsp3) is 0.136. The second kappa shape index (κ2) is 12.2. The maximum absolute atomic E-state index is 5.45. The van der Waals surface area contributed by atoms with Gasteiger partial charge in [0.1, 0.15) is 10.1 Å². The highest BCUT2D eigenvalue weighted by Crippen LogP contribution is 2.29. The lowest BCUT2D eigenvalue weighted by Gasteiger charge is -2.11. The number of thiocarbonyl (C=S) groups is 1. The van der Waals surface area contributed by atoms with E-state index in [1.165, 1.54) is 29.1 Å². The fourth-order valence-electron chi connectivity index (χ4n) is 2.71. The van der Waals surface area contributed by atoms with E-state index in [0.29, 0.717) is 31.4 Å². The molecule has 0 fully saturated rings. The molecule has 2 N–H and O–H groups in total. The smallest absolute Gasteiger partial charge is 0.231 e. The van der Waals surface area contributed by atoms with Gasteiger partial charge in [0.15, 0.2) is 15.4 Å². The highest BCUT2D eigenvalue weighted by atomic mass is 32.2. The van der Waals surface area contributed by atoms with E-state index in [2.05, 4.69) is 52.7 Å². The van der Waals surface area contributed by atoms with E-state index in [4.69, 9.17) is 12.2 Å². The normalized spacial score (nSPS) is 10.5. The van der Waals surface area contributed by atoms with E-state index in [1.54, 1.807) is 36.9 Å². The van der Waals surface area contributed by atoms with E-state index < -0.39 is 0 Å². The van der Waals surface area contributed by atoms with Crippen LogP contribution in [0.3, 0.4) is 0 Å². The molecule has 1 aromatic carbocycles. The summed E-state index contributed by atoms with van der Waals surface area (Å²) in [6.07, 6.45) is 8.71. The van der Waals surface area contributed by atoms with Crippen LogP contribution in [0.15, 0.2) is 93.7 Å². The number of nitrogens with zero attached hydrogens (tertiary/aromatic N) is 6. The first-order valence-corrected chi connectivity index (χ1v) is 12.2. The van der Waals surface area contributed by atoms with Gasteiger partial charge in [-0.25, -0.2) is 29.9 Å². The van der Waals surface area contributed by atoms with Gasteiger partial charge >= 0.3 is 0 Å². The van der Waals surface area contributed by atoms with E-state index in [-0.39, 0.29) is 0 Å². The summed E-state index contributed by atoms with van der Waals surface area (Å²) in [4.78, 5) is 26.1. The minimum absolute atomic E-state index is 0.384. The van der Waals surface area contributed by atoms with E-state index in [1.807, 2.05) is 24.3 Å². The average molecular weight is 493 g/mol. The van der Waals surface area contributed by atoms with Crippen molar-refractivity contribution in [1.82, 2.24) is 35.2 Å². The third kappa shape index (κ3) is 7.74. The van der Waals surface area contributed by atoms with Crippen LogP contribution >= 0.6 is 35.7 Å². The molecule has 0 saturated heterocycles. The second-order valence-electron chi connectivity index (χ2n) is 6.60. The summed E-state index contributed by atoms with van der Waals surface area (Å²) in [5.41, 5.74) is 1.30. The minimum atomic E-state index is 0.384. The number of nitrogens with one attached hydrogen (secondary N) is 2. The molecule has 0 aliphatic rings. The lowest BCUT2D eigenvalue weighted by atomic mass is 10.1. The zero-order chi connectivity index (χ0) is 22.7. The molecule has 33 heavy (non-hydrogen) atoms. The molecule has 0 atom stereocenters. The summed E-state index contributed by atoms with van der Waals surface area (Å²) < 4.78 is 0. The molecule has 0 radical (unpaired) electrons. The van der Waals surface area contributed by atoms with Gasteiger partial charge in [0.2, 0.25) is 5.95 Å². The van der Waals surface area contributed by atoms with Gasteiger partial charge in [0, 0.05) is 37.4 Å². The Morgan fingerprint density at radius 3 is 1.94 bits per heavy atom. The average Bonchev–Trinajstić information content (AvgIpc) is 2.84. The molecule has 3 aromatic heterocycles. The largest absolute Gasteiger partial charge is 0.362 e. The molecule has 4 rings (SSSR count). The van der Waals surface area contributed by atoms with Crippen LogP contribution in [0.5, 0.6) is 0 Å². The number of aryl methyl sites for hydroxylation is 1. The van der Waals surface area contributed by atoms with Crippen LogP contribution in [0.25, 0.3) is 0 Å². The SMILES string of the molecule is S=C(NCCCc1ccccc1)Nc1nc(Sc2ncccn2)cc(Sc2ncccn2)n1. The first-order chi connectivity index (χ1) is 16.2. The van der Waals surface area contributed by atoms with Crippen molar-refractivity contribution < 1.29 is 0 Å². The Bertz CT molecular complexity index is 1100. The third-order valence-electron chi connectivity index (χ3n) is 4.15. The Kier molecular flexibility index (Phi) is 8.50. The standard InChI is InChI=1S/C22H20N8S3/c31-20(23-10-4-9-16-7-2-1-3-8-16)30-19-28-17(32-21-24-11-5-12-25-21)15-18(29-19)33-22-26-13-6-14-27-22/h1-3,5-8,11-15H,4,9-10H2,(H2,23,28,29,30,31). The summed E-state index contributed by atoms with van der Waals surface area (Å²) in [6.45, 7) is 0.743. The molecule has 0 aliphatic heterocycles. The highest BCUT2D eigenvalue weighted by Gasteiger charge is 2.11. The molecule has 0 bridgehead atoms. The van der Waals surface area contributed by atoms with Gasteiger partial charge in [-0.15, -0.1) is 0 Å². The third-order valence-corrected chi connectivity index (χ3v) is 6.02. The van der Waals surface area contributed by atoms with Crippen LogP contribution in [0, 0.1) is 0 Å². The highest BCUT2D eigenvalue weighted by molar-refractivity contribution is 7.99. The van der Waals surface area contributed by atoms with Crippen LogP contribution < -0.4 is 10.6 Å². The summed E-state index contributed by atoms with van der Waals surface area (Å²) in [7, 11) is 0. The molecule has 3 heterocycles. The summed E-state index contributed by atoms with van der Waals surface area (Å²) in [6, 6.07) is 15.8. The summed E-state index contributed by atoms with van der Waals surface area (Å²) >= 11 is 8.13. The molecule has 0 unspecified atom stereocenters. The van der Waals surface area contributed by atoms with Crippen molar-refractivity contribution in [2.24, 2.45) is 0 Å². The van der Waals surface area contributed by atoms with Crippen LogP contribution in [0.2, 0.25) is 0 Å². The van der Waals surface area contributed by atoms with Gasteiger partial charge in [0.25, 0.3) is 0 Å². The molecule has 0 spiro atoms. The van der Waals surface area contributed by atoms with Gasteiger partial charge in [-0.3, -0.25) is 0 Å². The lowest BCUT2D eigenvalue weighted by Crippen LogP contribution is -2.30. The number of rotatable bonds is 9. The first-order valence-electron chi connectivity index (χ1n) is 10.1. The number of hydrogen-bond acceptors (Lipinski definition) is 9. The predicted molar refractivity (Wildman–Crippen MR) is 133 cm³/mol.